The van der Waals surface area contributed by atoms with E-state index < -0.39 is 0 Å². The Bertz CT molecular complexity index is 627. The number of anilines is 1. The molecule has 0 atom stereocenters. The minimum atomic E-state index is 0.630. The van der Waals surface area contributed by atoms with E-state index in [4.69, 9.17) is 9.47 Å². The first kappa shape index (κ1) is 15.0. The smallest absolute Gasteiger partial charge is 0.224 e. The zero-order valence-electron chi connectivity index (χ0n) is 13.2. The molecular weight excluding hydrogens is 280 g/mol. The summed E-state index contributed by atoms with van der Waals surface area (Å²) in [6, 6.07) is 6.28. The molecule has 0 bridgehead atoms. The lowest BCUT2D eigenvalue weighted by Gasteiger charge is -2.36. The lowest BCUT2D eigenvalue weighted by Crippen LogP contribution is -2.47. The second-order valence-corrected chi connectivity index (χ2v) is 5.41. The second-order valence-electron chi connectivity index (χ2n) is 5.41. The standard InChI is InChI=1S/C16H22N4O2/c1-21-10-9-19-5-7-20(8-6-19)13-3-4-15-14(11-13)16(22-2)18-12-17-15/h3-4,11-12H,5-10H2,1-2H3. The third kappa shape index (κ3) is 3.13. The van der Waals surface area contributed by atoms with Gasteiger partial charge in [-0.1, -0.05) is 0 Å². The molecule has 2 heterocycles. The molecular formula is C16H22N4O2. The predicted octanol–water partition coefficient (Wildman–Crippen LogP) is 1.41. The van der Waals surface area contributed by atoms with Gasteiger partial charge in [0, 0.05) is 45.5 Å². The molecule has 1 aliphatic rings. The van der Waals surface area contributed by atoms with Crippen molar-refractivity contribution >= 4 is 16.6 Å². The summed E-state index contributed by atoms with van der Waals surface area (Å²) >= 11 is 0. The summed E-state index contributed by atoms with van der Waals surface area (Å²) in [7, 11) is 3.39. The predicted molar refractivity (Wildman–Crippen MR) is 86.6 cm³/mol. The van der Waals surface area contributed by atoms with Crippen molar-refractivity contribution in [2.45, 2.75) is 0 Å². The van der Waals surface area contributed by atoms with Gasteiger partial charge in [-0.25, -0.2) is 9.97 Å². The van der Waals surface area contributed by atoms with Crippen LogP contribution in [-0.4, -0.2) is 68.4 Å². The van der Waals surface area contributed by atoms with E-state index >= 15 is 0 Å². The molecule has 2 aromatic rings. The van der Waals surface area contributed by atoms with Crippen molar-refractivity contribution in [2.24, 2.45) is 0 Å². The third-order valence-corrected chi connectivity index (χ3v) is 4.12. The van der Waals surface area contributed by atoms with Crippen LogP contribution in [0.1, 0.15) is 0 Å². The number of nitrogens with zero attached hydrogens (tertiary/aromatic N) is 4. The molecule has 0 saturated carbocycles. The van der Waals surface area contributed by atoms with Crippen molar-refractivity contribution in [3.8, 4) is 5.88 Å². The number of hydrogen-bond acceptors (Lipinski definition) is 6. The first-order valence-corrected chi connectivity index (χ1v) is 7.57. The quantitative estimate of drug-likeness (QED) is 0.832. The Balaban J connectivity index is 1.74. The van der Waals surface area contributed by atoms with Crippen molar-refractivity contribution in [2.75, 3.05) is 58.5 Å². The zero-order valence-corrected chi connectivity index (χ0v) is 13.2. The van der Waals surface area contributed by atoms with Crippen LogP contribution in [0.25, 0.3) is 10.9 Å². The van der Waals surface area contributed by atoms with Gasteiger partial charge in [-0.15, -0.1) is 0 Å². The molecule has 1 fully saturated rings. The average molecular weight is 302 g/mol. The maximum Gasteiger partial charge on any atom is 0.224 e. The lowest BCUT2D eigenvalue weighted by atomic mass is 10.2. The van der Waals surface area contributed by atoms with Crippen LogP contribution in [-0.2, 0) is 4.74 Å². The van der Waals surface area contributed by atoms with E-state index in [0.29, 0.717) is 5.88 Å². The van der Waals surface area contributed by atoms with Crippen LogP contribution < -0.4 is 9.64 Å². The van der Waals surface area contributed by atoms with Crippen LogP contribution >= 0.6 is 0 Å². The second kappa shape index (κ2) is 6.89. The topological polar surface area (TPSA) is 50.7 Å². The number of hydrogen-bond donors (Lipinski definition) is 0. The van der Waals surface area contributed by atoms with Gasteiger partial charge in [0.2, 0.25) is 5.88 Å². The molecule has 6 heteroatoms. The first-order chi connectivity index (χ1) is 10.8. The fourth-order valence-corrected chi connectivity index (χ4v) is 2.83. The molecule has 6 nitrogen and oxygen atoms in total. The SMILES string of the molecule is COCCN1CCN(c2ccc3ncnc(OC)c3c2)CC1. The van der Waals surface area contributed by atoms with Crippen molar-refractivity contribution in [3.05, 3.63) is 24.5 Å². The number of fused-ring (bicyclic) bond motifs is 1. The van der Waals surface area contributed by atoms with E-state index in [2.05, 4.69) is 31.9 Å². The van der Waals surface area contributed by atoms with E-state index in [1.807, 2.05) is 6.07 Å². The van der Waals surface area contributed by atoms with Gasteiger partial charge < -0.3 is 14.4 Å². The summed E-state index contributed by atoms with van der Waals surface area (Å²) in [5.74, 6) is 0.630. The molecule has 0 unspecified atom stereocenters. The highest BCUT2D eigenvalue weighted by molar-refractivity contribution is 5.86. The number of methoxy groups -OCH3 is 2. The van der Waals surface area contributed by atoms with Gasteiger partial charge in [0.25, 0.3) is 0 Å². The van der Waals surface area contributed by atoms with Crippen LogP contribution in [0.4, 0.5) is 5.69 Å². The highest BCUT2D eigenvalue weighted by atomic mass is 16.5. The minimum absolute atomic E-state index is 0.630. The molecule has 1 aromatic heterocycles. The summed E-state index contributed by atoms with van der Waals surface area (Å²) in [5, 5.41) is 0.962. The molecule has 1 aromatic carbocycles. The fraction of sp³-hybridized carbons (Fsp3) is 0.500. The fourth-order valence-electron chi connectivity index (χ4n) is 2.83. The van der Waals surface area contributed by atoms with Crippen LogP contribution in [0.3, 0.4) is 0 Å². The van der Waals surface area contributed by atoms with Gasteiger partial charge in [0.1, 0.15) is 6.33 Å². The summed E-state index contributed by atoms with van der Waals surface area (Å²) in [5.41, 5.74) is 2.11. The van der Waals surface area contributed by atoms with Gasteiger partial charge in [-0.05, 0) is 18.2 Å². The summed E-state index contributed by atoms with van der Waals surface area (Å²) in [6.07, 6.45) is 1.54. The van der Waals surface area contributed by atoms with Gasteiger partial charge in [0.05, 0.1) is 24.6 Å². The highest BCUT2D eigenvalue weighted by Crippen LogP contribution is 2.27. The minimum Gasteiger partial charge on any atom is -0.480 e. The number of rotatable bonds is 5. The Hall–Kier alpha value is -1.92. The molecule has 0 aliphatic carbocycles. The molecule has 118 valence electrons. The molecule has 1 saturated heterocycles. The summed E-state index contributed by atoms with van der Waals surface area (Å²) in [4.78, 5) is 13.3. The molecule has 0 amide bonds. The average Bonchev–Trinajstić information content (AvgIpc) is 2.59. The van der Waals surface area contributed by atoms with E-state index in [1.54, 1.807) is 14.2 Å². The van der Waals surface area contributed by atoms with Crippen LogP contribution in [0.15, 0.2) is 24.5 Å². The maximum absolute atomic E-state index is 5.34. The Morgan fingerprint density at radius 2 is 1.91 bits per heavy atom. The van der Waals surface area contributed by atoms with Gasteiger partial charge in [-0.2, -0.15) is 0 Å². The number of benzene rings is 1. The number of piperazine rings is 1. The zero-order chi connectivity index (χ0) is 15.4. The van der Waals surface area contributed by atoms with Crippen LogP contribution in [0, 0.1) is 0 Å². The molecule has 3 rings (SSSR count). The lowest BCUT2D eigenvalue weighted by molar-refractivity contribution is 0.144. The monoisotopic (exact) mass is 302 g/mol. The number of ether oxygens (including phenoxy) is 2. The Morgan fingerprint density at radius 1 is 1.09 bits per heavy atom. The van der Waals surface area contributed by atoms with Crippen molar-refractivity contribution in [1.82, 2.24) is 14.9 Å². The molecule has 22 heavy (non-hydrogen) atoms. The van der Waals surface area contributed by atoms with Crippen LogP contribution in [0.5, 0.6) is 5.88 Å². The first-order valence-electron chi connectivity index (χ1n) is 7.57. The Kier molecular flexibility index (Phi) is 4.70. The highest BCUT2D eigenvalue weighted by Gasteiger charge is 2.17. The third-order valence-electron chi connectivity index (χ3n) is 4.12. The van der Waals surface area contributed by atoms with Gasteiger partial charge >= 0.3 is 0 Å². The van der Waals surface area contributed by atoms with E-state index in [1.165, 1.54) is 12.0 Å². The van der Waals surface area contributed by atoms with Crippen LogP contribution in [0.2, 0.25) is 0 Å². The van der Waals surface area contributed by atoms with Crippen molar-refractivity contribution < 1.29 is 9.47 Å². The van der Waals surface area contributed by atoms with Crippen molar-refractivity contribution in [3.63, 3.8) is 0 Å². The van der Waals surface area contributed by atoms with E-state index in [0.717, 1.165) is 50.2 Å². The molecule has 1 aliphatic heterocycles. The number of aromatic nitrogens is 2. The summed E-state index contributed by atoms with van der Waals surface area (Å²) < 4.78 is 10.5. The van der Waals surface area contributed by atoms with Gasteiger partial charge in [-0.3, -0.25) is 4.90 Å². The van der Waals surface area contributed by atoms with E-state index in [9.17, 15) is 0 Å². The Labute approximate surface area is 130 Å². The van der Waals surface area contributed by atoms with E-state index in [-0.39, 0.29) is 0 Å². The summed E-state index contributed by atoms with van der Waals surface area (Å²) in [6.45, 7) is 5.96. The molecule has 0 radical (unpaired) electrons. The van der Waals surface area contributed by atoms with Crippen molar-refractivity contribution in [1.29, 1.82) is 0 Å². The largest absolute Gasteiger partial charge is 0.480 e. The maximum atomic E-state index is 5.34. The molecule has 0 N–H and O–H groups in total. The normalized spacial score (nSPS) is 16.2. The Morgan fingerprint density at radius 3 is 2.64 bits per heavy atom. The molecule has 0 spiro atoms. The van der Waals surface area contributed by atoms with Gasteiger partial charge in [0.15, 0.2) is 0 Å².